The molecule has 0 aliphatic heterocycles. The number of para-hydroxylation sites is 2. The lowest BCUT2D eigenvalue weighted by Gasteiger charge is -2.10. The summed E-state index contributed by atoms with van der Waals surface area (Å²) in [6.07, 6.45) is 0. The van der Waals surface area contributed by atoms with E-state index in [0.29, 0.717) is 17.3 Å². The van der Waals surface area contributed by atoms with Gasteiger partial charge in [0.05, 0.1) is 5.69 Å². The molecule has 3 aromatic rings. The third-order valence-electron chi connectivity index (χ3n) is 3.24. The maximum Gasteiger partial charge on any atom is 0.274 e. The minimum absolute atomic E-state index is 0.276. The summed E-state index contributed by atoms with van der Waals surface area (Å²) in [6.45, 7) is 1.75. The summed E-state index contributed by atoms with van der Waals surface area (Å²) in [5, 5.41) is 6.02. The van der Waals surface area contributed by atoms with Crippen LogP contribution >= 0.6 is 15.9 Å². The molecule has 0 radical (unpaired) electrons. The van der Waals surface area contributed by atoms with Gasteiger partial charge in [0.25, 0.3) is 5.91 Å². The molecule has 0 spiro atoms. The number of carbonyl (C=O) groups is 1. The van der Waals surface area contributed by atoms with E-state index in [1.165, 1.54) is 0 Å². The van der Waals surface area contributed by atoms with E-state index >= 15 is 0 Å². The van der Waals surface area contributed by atoms with Crippen LogP contribution in [-0.2, 0) is 0 Å². The molecule has 1 aromatic heterocycles. The van der Waals surface area contributed by atoms with Gasteiger partial charge in [-0.2, -0.15) is 0 Å². The fourth-order valence-electron chi connectivity index (χ4n) is 2.17. The summed E-state index contributed by atoms with van der Waals surface area (Å²) < 4.78 is 0.913. The highest BCUT2D eigenvalue weighted by Crippen LogP contribution is 2.24. The molecule has 6 heteroatoms. The molecular weight excluding hydrogens is 368 g/mol. The molecule has 0 saturated carbocycles. The van der Waals surface area contributed by atoms with E-state index in [2.05, 4.69) is 36.5 Å². The Bertz CT molecular complexity index is 868. The molecular formula is C18H15BrN4O. The van der Waals surface area contributed by atoms with E-state index in [1.54, 1.807) is 13.0 Å². The van der Waals surface area contributed by atoms with Crippen LogP contribution in [-0.4, -0.2) is 15.9 Å². The fourth-order valence-corrected chi connectivity index (χ4v) is 2.55. The Hall–Kier alpha value is -2.73. The molecule has 0 aliphatic rings. The largest absolute Gasteiger partial charge is 0.339 e. The smallest absolute Gasteiger partial charge is 0.274 e. The second kappa shape index (κ2) is 7.23. The molecule has 1 heterocycles. The third kappa shape index (κ3) is 3.97. The van der Waals surface area contributed by atoms with Crippen LogP contribution in [0.5, 0.6) is 0 Å². The Labute approximate surface area is 148 Å². The molecule has 0 aliphatic carbocycles. The van der Waals surface area contributed by atoms with Crippen molar-refractivity contribution in [2.45, 2.75) is 6.92 Å². The van der Waals surface area contributed by atoms with Gasteiger partial charge in [0.1, 0.15) is 17.3 Å². The fraction of sp³-hybridized carbons (Fsp3) is 0.0556. The Morgan fingerprint density at radius 2 is 1.71 bits per heavy atom. The quantitative estimate of drug-likeness (QED) is 0.694. The Morgan fingerprint density at radius 3 is 2.46 bits per heavy atom. The minimum Gasteiger partial charge on any atom is -0.339 e. The second-order valence-electron chi connectivity index (χ2n) is 5.11. The average molecular weight is 383 g/mol. The van der Waals surface area contributed by atoms with Crippen molar-refractivity contribution < 1.29 is 4.79 Å². The molecule has 0 unspecified atom stereocenters. The van der Waals surface area contributed by atoms with Crippen LogP contribution in [0.15, 0.2) is 65.1 Å². The van der Waals surface area contributed by atoms with Crippen molar-refractivity contribution in [3.63, 3.8) is 0 Å². The number of halogens is 1. The maximum atomic E-state index is 12.4. The number of benzene rings is 2. The van der Waals surface area contributed by atoms with E-state index in [0.717, 1.165) is 15.8 Å². The Morgan fingerprint density at radius 1 is 1.00 bits per heavy atom. The third-order valence-corrected chi connectivity index (χ3v) is 3.93. The number of amides is 1. The van der Waals surface area contributed by atoms with Crippen LogP contribution in [0, 0.1) is 6.92 Å². The molecule has 3 rings (SSSR count). The van der Waals surface area contributed by atoms with Gasteiger partial charge in [-0.1, -0.05) is 30.3 Å². The van der Waals surface area contributed by atoms with Crippen molar-refractivity contribution in [1.29, 1.82) is 0 Å². The lowest BCUT2D eigenvalue weighted by atomic mass is 10.3. The second-order valence-corrected chi connectivity index (χ2v) is 5.96. The number of rotatable bonds is 4. The highest BCUT2D eigenvalue weighted by atomic mass is 79.9. The Balaban J connectivity index is 1.83. The maximum absolute atomic E-state index is 12.4. The zero-order valence-electron chi connectivity index (χ0n) is 13.0. The van der Waals surface area contributed by atoms with Crippen LogP contribution in [0.3, 0.4) is 0 Å². The number of hydrogen-bond acceptors (Lipinski definition) is 4. The van der Waals surface area contributed by atoms with Crippen molar-refractivity contribution in [3.05, 3.63) is 76.7 Å². The van der Waals surface area contributed by atoms with Crippen molar-refractivity contribution in [2.75, 3.05) is 10.6 Å². The lowest BCUT2D eigenvalue weighted by Crippen LogP contribution is -2.15. The summed E-state index contributed by atoms with van der Waals surface area (Å²) in [5.74, 6) is 0.805. The number of nitrogens with one attached hydrogen (secondary N) is 2. The van der Waals surface area contributed by atoms with Gasteiger partial charge in [0.15, 0.2) is 0 Å². The zero-order valence-corrected chi connectivity index (χ0v) is 14.5. The van der Waals surface area contributed by atoms with Crippen molar-refractivity contribution in [3.8, 4) is 0 Å². The van der Waals surface area contributed by atoms with Gasteiger partial charge < -0.3 is 10.6 Å². The summed E-state index contributed by atoms with van der Waals surface area (Å²) >= 11 is 3.48. The number of aromatic nitrogens is 2. The molecule has 0 fully saturated rings. The average Bonchev–Trinajstić information content (AvgIpc) is 2.57. The first kappa shape index (κ1) is 16.1. The first-order valence-corrected chi connectivity index (χ1v) is 8.15. The van der Waals surface area contributed by atoms with Gasteiger partial charge in [-0.25, -0.2) is 9.97 Å². The van der Waals surface area contributed by atoms with Gasteiger partial charge in [-0.15, -0.1) is 0 Å². The highest BCUT2D eigenvalue weighted by Gasteiger charge is 2.11. The van der Waals surface area contributed by atoms with Gasteiger partial charge >= 0.3 is 0 Å². The van der Waals surface area contributed by atoms with E-state index < -0.39 is 0 Å². The van der Waals surface area contributed by atoms with Crippen molar-refractivity contribution in [1.82, 2.24) is 9.97 Å². The Kier molecular flexibility index (Phi) is 4.86. The first-order chi connectivity index (χ1) is 11.6. The van der Waals surface area contributed by atoms with Crippen LogP contribution in [0.1, 0.15) is 16.3 Å². The topological polar surface area (TPSA) is 66.9 Å². The molecule has 2 aromatic carbocycles. The SMILES string of the molecule is Cc1nc(Nc2ccccc2Br)cc(C(=O)Nc2ccccc2)n1. The van der Waals surface area contributed by atoms with E-state index in [9.17, 15) is 4.79 Å². The van der Waals surface area contributed by atoms with E-state index in [1.807, 2.05) is 54.6 Å². The van der Waals surface area contributed by atoms with Crippen LogP contribution in [0.4, 0.5) is 17.2 Å². The van der Waals surface area contributed by atoms with E-state index in [4.69, 9.17) is 0 Å². The standard InChI is InChI=1S/C18H15BrN4O/c1-12-20-16(18(24)22-13-7-3-2-4-8-13)11-17(21-12)23-15-10-6-5-9-14(15)19/h2-11H,1H3,(H,22,24)(H,20,21,23). The summed E-state index contributed by atoms with van der Waals surface area (Å²) in [6, 6.07) is 18.6. The van der Waals surface area contributed by atoms with Crippen LogP contribution in [0.25, 0.3) is 0 Å². The molecule has 0 saturated heterocycles. The van der Waals surface area contributed by atoms with Crippen LogP contribution < -0.4 is 10.6 Å². The van der Waals surface area contributed by atoms with Gasteiger partial charge in [0, 0.05) is 16.2 Å². The monoisotopic (exact) mass is 382 g/mol. The molecule has 1 amide bonds. The normalized spacial score (nSPS) is 10.2. The number of aryl methyl sites for hydroxylation is 1. The van der Waals surface area contributed by atoms with Crippen LogP contribution in [0.2, 0.25) is 0 Å². The van der Waals surface area contributed by atoms with Gasteiger partial charge in [0.2, 0.25) is 0 Å². The van der Waals surface area contributed by atoms with Gasteiger partial charge in [-0.3, -0.25) is 4.79 Å². The van der Waals surface area contributed by atoms with E-state index in [-0.39, 0.29) is 5.91 Å². The summed E-state index contributed by atoms with van der Waals surface area (Å²) in [4.78, 5) is 21.0. The zero-order chi connectivity index (χ0) is 16.9. The highest BCUT2D eigenvalue weighted by molar-refractivity contribution is 9.10. The predicted octanol–water partition coefficient (Wildman–Crippen LogP) is 4.54. The van der Waals surface area contributed by atoms with Gasteiger partial charge in [-0.05, 0) is 47.1 Å². The molecule has 0 atom stereocenters. The number of carbonyl (C=O) groups excluding carboxylic acids is 1. The molecule has 120 valence electrons. The number of nitrogens with zero attached hydrogens (tertiary/aromatic N) is 2. The summed E-state index contributed by atoms with van der Waals surface area (Å²) in [5.41, 5.74) is 1.89. The minimum atomic E-state index is -0.276. The molecule has 2 N–H and O–H groups in total. The number of anilines is 3. The first-order valence-electron chi connectivity index (χ1n) is 7.35. The number of hydrogen-bond donors (Lipinski definition) is 2. The lowest BCUT2D eigenvalue weighted by molar-refractivity contribution is 0.102. The predicted molar refractivity (Wildman–Crippen MR) is 98.6 cm³/mol. The van der Waals surface area contributed by atoms with Crippen molar-refractivity contribution >= 4 is 39.0 Å². The summed E-state index contributed by atoms with van der Waals surface area (Å²) in [7, 11) is 0. The molecule has 0 bridgehead atoms. The molecule has 5 nitrogen and oxygen atoms in total. The molecule has 24 heavy (non-hydrogen) atoms. The van der Waals surface area contributed by atoms with Crippen molar-refractivity contribution in [2.24, 2.45) is 0 Å².